The minimum absolute atomic E-state index is 0.0103. The van der Waals surface area contributed by atoms with Gasteiger partial charge >= 0.3 is 0 Å². The van der Waals surface area contributed by atoms with Gasteiger partial charge in [-0.2, -0.15) is 0 Å². The van der Waals surface area contributed by atoms with Crippen molar-refractivity contribution in [3.05, 3.63) is 51.6 Å². The number of carbonyl (C=O) groups excluding carboxylic acids is 1. The number of aromatic nitrogens is 3. The molecule has 0 bridgehead atoms. The summed E-state index contributed by atoms with van der Waals surface area (Å²) in [7, 11) is 0. The summed E-state index contributed by atoms with van der Waals surface area (Å²) in [6, 6.07) is 6.22. The second-order valence-corrected chi connectivity index (χ2v) is 3.81. The first-order valence-corrected chi connectivity index (χ1v) is 5.47. The second kappa shape index (κ2) is 5.25. The Hall–Kier alpha value is -2.77. The standard InChI is InChI=1S/C11H11N5O3/c1-7-13-10(15-14-7)11(17)12-6-8-4-2-3-5-9(8)16(18)19/h2-5H,6H2,1H3,(H,12,17)(H,13,14,15). The fourth-order valence-corrected chi connectivity index (χ4v) is 1.54. The van der Waals surface area contributed by atoms with E-state index in [-0.39, 0.29) is 18.1 Å². The van der Waals surface area contributed by atoms with Crippen molar-refractivity contribution in [3.63, 3.8) is 0 Å². The van der Waals surface area contributed by atoms with Gasteiger partial charge in [0.15, 0.2) is 0 Å². The van der Waals surface area contributed by atoms with Crippen molar-refractivity contribution in [3.8, 4) is 0 Å². The monoisotopic (exact) mass is 261 g/mol. The maximum atomic E-state index is 11.7. The van der Waals surface area contributed by atoms with E-state index in [1.807, 2.05) is 0 Å². The third-order valence-corrected chi connectivity index (χ3v) is 2.43. The van der Waals surface area contributed by atoms with Crippen LogP contribution in [0.3, 0.4) is 0 Å². The van der Waals surface area contributed by atoms with E-state index in [1.54, 1.807) is 25.1 Å². The number of amides is 1. The number of nitrogens with one attached hydrogen (secondary N) is 2. The zero-order valence-electron chi connectivity index (χ0n) is 10.1. The van der Waals surface area contributed by atoms with Crippen LogP contribution < -0.4 is 5.32 Å². The highest BCUT2D eigenvalue weighted by Gasteiger charge is 2.15. The van der Waals surface area contributed by atoms with Crippen molar-refractivity contribution in [1.82, 2.24) is 20.5 Å². The Morgan fingerprint density at radius 2 is 2.21 bits per heavy atom. The number of hydrogen-bond acceptors (Lipinski definition) is 5. The minimum Gasteiger partial charge on any atom is -0.345 e. The molecule has 1 aromatic carbocycles. The first kappa shape index (κ1) is 12.7. The quantitative estimate of drug-likeness (QED) is 0.628. The molecule has 0 fully saturated rings. The van der Waals surface area contributed by atoms with Crippen LogP contribution in [0.2, 0.25) is 0 Å². The van der Waals surface area contributed by atoms with Crippen molar-refractivity contribution in [1.29, 1.82) is 0 Å². The highest BCUT2D eigenvalue weighted by atomic mass is 16.6. The average Bonchev–Trinajstić information content (AvgIpc) is 2.83. The first-order chi connectivity index (χ1) is 9.08. The maximum absolute atomic E-state index is 11.7. The largest absolute Gasteiger partial charge is 0.345 e. The molecule has 19 heavy (non-hydrogen) atoms. The summed E-state index contributed by atoms with van der Waals surface area (Å²) in [6.07, 6.45) is 0. The molecule has 8 nitrogen and oxygen atoms in total. The van der Waals surface area contributed by atoms with Crippen LogP contribution in [0.25, 0.3) is 0 Å². The molecule has 0 radical (unpaired) electrons. The fourth-order valence-electron chi connectivity index (χ4n) is 1.54. The minimum atomic E-state index is -0.488. The van der Waals surface area contributed by atoms with Gasteiger partial charge in [0.05, 0.1) is 4.92 Å². The summed E-state index contributed by atoms with van der Waals surface area (Å²) in [4.78, 5) is 25.9. The van der Waals surface area contributed by atoms with Gasteiger partial charge in [-0.3, -0.25) is 20.0 Å². The van der Waals surface area contributed by atoms with Gasteiger partial charge in [-0.05, 0) is 6.92 Å². The van der Waals surface area contributed by atoms with Gasteiger partial charge in [0.2, 0.25) is 5.82 Å². The molecule has 1 aromatic heterocycles. The van der Waals surface area contributed by atoms with Crippen LogP contribution in [0.5, 0.6) is 0 Å². The molecule has 0 aliphatic heterocycles. The van der Waals surface area contributed by atoms with Gasteiger partial charge in [-0.25, -0.2) is 4.98 Å². The smallest absolute Gasteiger partial charge is 0.291 e. The number of aryl methyl sites for hydroxylation is 1. The van der Waals surface area contributed by atoms with Crippen molar-refractivity contribution in [2.45, 2.75) is 13.5 Å². The van der Waals surface area contributed by atoms with Gasteiger partial charge in [0.1, 0.15) is 5.82 Å². The van der Waals surface area contributed by atoms with E-state index < -0.39 is 10.8 Å². The highest BCUT2D eigenvalue weighted by Crippen LogP contribution is 2.17. The molecule has 98 valence electrons. The van der Waals surface area contributed by atoms with E-state index >= 15 is 0 Å². The molecule has 0 aliphatic rings. The Kier molecular flexibility index (Phi) is 3.51. The fraction of sp³-hybridized carbons (Fsp3) is 0.182. The SMILES string of the molecule is Cc1nc(C(=O)NCc2ccccc2[N+](=O)[O-])n[nH]1. The molecule has 0 saturated carbocycles. The van der Waals surface area contributed by atoms with Crippen LogP contribution in [-0.2, 0) is 6.54 Å². The van der Waals surface area contributed by atoms with Gasteiger partial charge in [-0.1, -0.05) is 18.2 Å². The van der Waals surface area contributed by atoms with Crippen LogP contribution in [-0.4, -0.2) is 26.0 Å². The molecule has 0 spiro atoms. The predicted octanol–water partition coefficient (Wildman–Crippen LogP) is 0.951. The number of aromatic amines is 1. The third kappa shape index (κ3) is 2.92. The summed E-state index contributed by atoms with van der Waals surface area (Å²) in [5.74, 6) is 0.0504. The summed E-state index contributed by atoms with van der Waals surface area (Å²) >= 11 is 0. The Morgan fingerprint density at radius 3 is 2.84 bits per heavy atom. The van der Waals surface area contributed by atoms with Crippen LogP contribution in [0.1, 0.15) is 22.0 Å². The van der Waals surface area contributed by atoms with Crippen LogP contribution >= 0.6 is 0 Å². The predicted molar refractivity (Wildman–Crippen MR) is 65.4 cm³/mol. The molecule has 2 N–H and O–H groups in total. The van der Waals surface area contributed by atoms with E-state index in [2.05, 4.69) is 20.5 Å². The highest BCUT2D eigenvalue weighted by molar-refractivity contribution is 5.90. The molecular weight excluding hydrogens is 250 g/mol. The molecule has 8 heteroatoms. The van der Waals surface area contributed by atoms with E-state index in [0.29, 0.717) is 11.4 Å². The summed E-state index contributed by atoms with van der Waals surface area (Å²) < 4.78 is 0. The number of nitrogens with zero attached hydrogens (tertiary/aromatic N) is 3. The van der Waals surface area contributed by atoms with Crippen LogP contribution in [0.4, 0.5) is 5.69 Å². The lowest BCUT2D eigenvalue weighted by Gasteiger charge is -2.03. The number of carbonyl (C=O) groups is 1. The lowest BCUT2D eigenvalue weighted by molar-refractivity contribution is -0.385. The zero-order chi connectivity index (χ0) is 13.8. The van der Waals surface area contributed by atoms with E-state index in [4.69, 9.17) is 0 Å². The molecule has 0 aliphatic carbocycles. The van der Waals surface area contributed by atoms with Crippen molar-refractivity contribution in [2.24, 2.45) is 0 Å². The number of hydrogen-bond donors (Lipinski definition) is 2. The third-order valence-electron chi connectivity index (χ3n) is 2.43. The Bertz CT molecular complexity index is 622. The van der Waals surface area contributed by atoms with Gasteiger partial charge in [-0.15, -0.1) is 5.10 Å². The molecule has 0 unspecified atom stereocenters. The first-order valence-electron chi connectivity index (χ1n) is 5.47. The van der Waals surface area contributed by atoms with Gasteiger partial charge < -0.3 is 5.32 Å². The molecule has 2 rings (SSSR count). The van der Waals surface area contributed by atoms with Crippen LogP contribution in [0, 0.1) is 17.0 Å². The van der Waals surface area contributed by atoms with Crippen molar-refractivity contribution in [2.75, 3.05) is 0 Å². The number of benzene rings is 1. The van der Waals surface area contributed by atoms with E-state index in [1.165, 1.54) is 6.07 Å². The molecular formula is C11H11N5O3. The van der Waals surface area contributed by atoms with Gasteiger partial charge in [0, 0.05) is 18.2 Å². The molecule has 0 saturated heterocycles. The number of nitro groups is 1. The van der Waals surface area contributed by atoms with Gasteiger partial charge in [0.25, 0.3) is 11.6 Å². The second-order valence-electron chi connectivity index (χ2n) is 3.81. The lowest BCUT2D eigenvalue weighted by Crippen LogP contribution is -2.24. The Labute approximate surface area is 108 Å². The van der Waals surface area contributed by atoms with E-state index in [9.17, 15) is 14.9 Å². The number of nitro benzene ring substituents is 1. The summed E-state index contributed by atoms with van der Waals surface area (Å²) in [5.41, 5.74) is 0.391. The summed E-state index contributed by atoms with van der Waals surface area (Å²) in [6.45, 7) is 1.72. The van der Waals surface area contributed by atoms with Crippen LogP contribution in [0.15, 0.2) is 24.3 Å². The summed E-state index contributed by atoms with van der Waals surface area (Å²) in [5, 5.41) is 19.6. The Balaban J connectivity index is 2.07. The number of H-pyrrole nitrogens is 1. The molecule has 2 aromatic rings. The average molecular weight is 261 g/mol. The topological polar surface area (TPSA) is 114 Å². The van der Waals surface area contributed by atoms with Crippen molar-refractivity contribution < 1.29 is 9.72 Å². The zero-order valence-corrected chi connectivity index (χ0v) is 10.1. The molecule has 1 heterocycles. The van der Waals surface area contributed by atoms with Crippen molar-refractivity contribution >= 4 is 11.6 Å². The van der Waals surface area contributed by atoms with E-state index in [0.717, 1.165) is 0 Å². The Morgan fingerprint density at radius 1 is 1.47 bits per heavy atom. The molecule has 0 atom stereocenters. The lowest BCUT2D eigenvalue weighted by atomic mass is 10.2. The number of para-hydroxylation sites is 1. The molecule has 1 amide bonds. The normalized spacial score (nSPS) is 10.2. The maximum Gasteiger partial charge on any atom is 0.291 e. The number of rotatable bonds is 4.